The Morgan fingerprint density at radius 1 is 1.24 bits per heavy atom. The number of amides is 1. The number of hydrogen-bond acceptors (Lipinski definition) is 3. The molecule has 4 bridgehead atoms. The SMILES string of the molecule is CS(=O)(=O)c1ccc(F)c(NC(=O)C23CC4CC(CC(Br)(C4)C2)C3)c1. The molecule has 0 aliphatic heterocycles. The monoisotopic (exact) mass is 429 g/mol. The van der Waals surface area contributed by atoms with Gasteiger partial charge in [0.05, 0.1) is 16.0 Å². The Kier molecular flexibility index (Phi) is 3.86. The molecule has 0 spiro atoms. The summed E-state index contributed by atoms with van der Waals surface area (Å²) in [7, 11) is -3.46. The summed E-state index contributed by atoms with van der Waals surface area (Å²) in [6.45, 7) is 0. The Hall–Kier alpha value is -0.950. The standard InChI is InChI=1S/C18H21BrFNO3S/c1-25(23,24)13-2-3-14(20)15(5-13)21-16(22)17-6-11-4-12(7-17)9-18(19,8-11)10-17/h2-3,5,11-12H,4,6-10H2,1H3,(H,21,22). The van der Waals surface area contributed by atoms with Gasteiger partial charge in [0.1, 0.15) is 5.82 Å². The maximum absolute atomic E-state index is 14.1. The van der Waals surface area contributed by atoms with Crippen LogP contribution in [0.2, 0.25) is 0 Å². The van der Waals surface area contributed by atoms with Crippen molar-refractivity contribution in [2.45, 2.75) is 47.7 Å². The zero-order valence-electron chi connectivity index (χ0n) is 14.0. The molecule has 1 aromatic rings. The van der Waals surface area contributed by atoms with Crippen LogP contribution in [0.5, 0.6) is 0 Å². The van der Waals surface area contributed by atoms with Gasteiger partial charge in [0.2, 0.25) is 5.91 Å². The molecule has 0 heterocycles. The van der Waals surface area contributed by atoms with E-state index in [1.807, 2.05) is 0 Å². The Bertz CT molecular complexity index is 840. The second-order valence-corrected chi connectivity index (χ2v) is 12.0. The van der Waals surface area contributed by atoms with Crippen molar-refractivity contribution in [1.29, 1.82) is 0 Å². The number of carbonyl (C=O) groups excluding carboxylic acids is 1. The van der Waals surface area contributed by atoms with Crippen LogP contribution in [0.4, 0.5) is 10.1 Å². The molecule has 4 aliphatic carbocycles. The van der Waals surface area contributed by atoms with Crippen LogP contribution < -0.4 is 5.32 Å². The molecule has 0 radical (unpaired) electrons. The maximum Gasteiger partial charge on any atom is 0.230 e. The zero-order chi connectivity index (χ0) is 18.0. The van der Waals surface area contributed by atoms with Crippen LogP contribution >= 0.6 is 15.9 Å². The third-order valence-electron chi connectivity index (χ3n) is 6.09. The zero-order valence-corrected chi connectivity index (χ0v) is 16.4. The number of hydrogen-bond donors (Lipinski definition) is 1. The van der Waals surface area contributed by atoms with E-state index in [1.165, 1.54) is 18.6 Å². The first-order valence-electron chi connectivity index (χ1n) is 8.59. The van der Waals surface area contributed by atoms with Gasteiger partial charge in [0.25, 0.3) is 0 Å². The highest BCUT2D eigenvalue weighted by Gasteiger charge is 2.59. The Morgan fingerprint density at radius 3 is 2.44 bits per heavy atom. The number of sulfone groups is 1. The van der Waals surface area contributed by atoms with E-state index < -0.39 is 21.1 Å². The summed E-state index contributed by atoms with van der Waals surface area (Å²) in [5, 5.41) is 2.70. The molecule has 2 atom stereocenters. The summed E-state index contributed by atoms with van der Waals surface area (Å²) in [5.41, 5.74) is -0.520. The van der Waals surface area contributed by atoms with Gasteiger partial charge in [-0.15, -0.1) is 0 Å². The van der Waals surface area contributed by atoms with E-state index in [2.05, 4.69) is 21.2 Å². The van der Waals surface area contributed by atoms with Crippen molar-refractivity contribution in [2.75, 3.05) is 11.6 Å². The Morgan fingerprint density at radius 2 is 1.88 bits per heavy atom. The summed E-state index contributed by atoms with van der Waals surface area (Å²) in [6.07, 6.45) is 6.92. The molecule has 7 heteroatoms. The van der Waals surface area contributed by atoms with E-state index in [-0.39, 0.29) is 20.8 Å². The first-order chi connectivity index (χ1) is 11.6. The van der Waals surface area contributed by atoms with E-state index in [4.69, 9.17) is 0 Å². The molecule has 1 aromatic carbocycles. The molecule has 4 nitrogen and oxygen atoms in total. The van der Waals surface area contributed by atoms with Crippen LogP contribution in [0.1, 0.15) is 38.5 Å². The van der Waals surface area contributed by atoms with Crippen molar-refractivity contribution < 1.29 is 17.6 Å². The average molecular weight is 430 g/mol. The first kappa shape index (κ1) is 17.5. The van der Waals surface area contributed by atoms with Crippen molar-refractivity contribution in [3.05, 3.63) is 24.0 Å². The van der Waals surface area contributed by atoms with Crippen molar-refractivity contribution in [3.8, 4) is 0 Å². The minimum Gasteiger partial charge on any atom is -0.323 e. The van der Waals surface area contributed by atoms with Crippen molar-refractivity contribution in [2.24, 2.45) is 17.3 Å². The lowest BCUT2D eigenvalue weighted by Crippen LogP contribution is -2.57. The molecule has 1 amide bonds. The lowest BCUT2D eigenvalue weighted by Gasteiger charge is -2.59. The molecule has 0 saturated heterocycles. The molecule has 2 unspecified atom stereocenters. The van der Waals surface area contributed by atoms with E-state index >= 15 is 0 Å². The predicted octanol–water partition coefficient (Wildman–Crippen LogP) is 3.90. The molecule has 0 aromatic heterocycles. The van der Waals surface area contributed by atoms with Crippen LogP contribution in [0.15, 0.2) is 23.1 Å². The number of anilines is 1. The van der Waals surface area contributed by atoms with Gasteiger partial charge >= 0.3 is 0 Å². The normalized spacial score (nSPS) is 36.4. The van der Waals surface area contributed by atoms with Crippen LogP contribution in [-0.2, 0) is 14.6 Å². The van der Waals surface area contributed by atoms with Gasteiger partial charge in [0, 0.05) is 10.6 Å². The summed E-state index contributed by atoms with van der Waals surface area (Å²) in [5.74, 6) is 0.297. The van der Waals surface area contributed by atoms with E-state index in [9.17, 15) is 17.6 Å². The van der Waals surface area contributed by atoms with Crippen molar-refractivity contribution in [3.63, 3.8) is 0 Å². The smallest absolute Gasteiger partial charge is 0.230 e. The van der Waals surface area contributed by atoms with Crippen LogP contribution in [0.25, 0.3) is 0 Å². The highest BCUT2D eigenvalue weighted by Crippen LogP contribution is 2.64. The van der Waals surface area contributed by atoms with Gasteiger partial charge in [-0.05, 0) is 68.6 Å². The summed E-state index contributed by atoms with van der Waals surface area (Å²) in [6, 6.07) is 3.53. The lowest BCUT2D eigenvalue weighted by atomic mass is 9.49. The molecular formula is C18H21BrFNO3S. The molecule has 4 fully saturated rings. The minimum atomic E-state index is -3.46. The van der Waals surface area contributed by atoms with Gasteiger partial charge in [-0.3, -0.25) is 4.79 Å². The second-order valence-electron chi connectivity index (χ2n) is 8.26. The highest BCUT2D eigenvalue weighted by atomic mass is 79.9. The number of nitrogens with one attached hydrogen (secondary N) is 1. The van der Waals surface area contributed by atoms with E-state index in [0.717, 1.165) is 44.4 Å². The second kappa shape index (κ2) is 5.52. The first-order valence-corrected chi connectivity index (χ1v) is 11.3. The lowest BCUT2D eigenvalue weighted by molar-refractivity contribution is -0.138. The summed E-state index contributed by atoms with van der Waals surface area (Å²) >= 11 is 3.87. The Labute approximate surface area is 155 Å². The number of rotatable bonds is 3. The molecule has 5 rings (SSSR count). The van der Waals surface area contributed by atoms with Crippen molar-refractivity contribution in [1.82, 2.24) is 0 Å². The molecular weight excluding hydrogens is 409 g/mol. The number of alkyl halides is 1. The fourth-order valence-corrected chi connectivity index (χ4v) is 7.60. The molecule has 1 N–H and O–H groups in total. The fraction of sp³-hybridized carbons (Fsp3) is 0.611. The largest absolute Gasteiger partial charge is 0.323 e. The van der Waals surface area contributed by atoms with Crippen molar-refractivity contribution >= 4 is 37.4 Å². The maximum atomic E-state index is 14.1. The molecule has 4 saturated carbocycles. The minimum absolute atomic E-state index is 0.00618. The average Bonchev–Trinajstić information content (AvgIpc) is 2.45. The highest BCUT2D eigenvalue weighted by molar-refractivity contribution is 9.10. The topological polar surface area (TPSA) is 63.2 Å². The molecule has 25 heavy (non-hydrogen) atoms. The number of benzene rings is 1. The fourth-order valence-electron chi connectivity index (χ4n) is 5.50. The summed E-state index contributed by atoms with van der Waals surface area (Å²) < 4.78 is 37.6. The van der Waals surface area contributed by atoms with Crippen LogP contribution in [-0.4, -0.2) is 24.9 Å². The van der Waals surface area contributed by atoms with E-state index in [0.29, 0.717) is 11.8 Å². The van der Waals surface area contributed by atoms with E-state index in [1.54, 1.807) is 0 Å². The Balaban J connectivity index is 1.63. The van der Waals surface area contributed by atoms with Gasteiger partial charge in [-0.25, -0.2) is 12.8 Å². The number of carbonyl (C=O) groups is 1. The predicted molar refractivity (Wildman–Crippen MR) is 96.9 cm³/mol. The van der Waals surface area contributed by atoms with Gasteiger partial charge < -0.3 is 5.32 Å². The van der Waals surface area contributed by atoms with Gasteiger partial charge in [-0.1, -0.05) is 15.9 Å². The summed E-state index contributed by atoms with van der Waals surface area (Å²) in [4.78, 5) is 13.1. The molecule has 4 aliphatic rings. The van der Waals surface area contributed by atoms with Crippen LogP contribution in [0, 0.1) is 23.1 Å². The third-order valence-corrected chi connectivity index (χ3v) is 8.12. The number of halogens is 2. The third kappa shape index (κ3) is 3.03. The van der Waals surface area contributed by atoms with Crippen LogP contribution in [0.3, 0.4) is 0 Å². The van der Waals surface area contributed by atoms with Gasteiger partial charge in [-0.2, -0.15) is 0 Å². The quantitative estimate of drug-likeness (QED) is 0.585. The van der Waals surface area contributed by atoms with Gasteiger partial charge in [0.15, 0.2) is 9.84 Å². The molecule has 136 valence electrons.